The second-order valence-electron chi connectivity index (χ2n) is 5.02. The monoisotopic (exact) mass is 289 g/mol. The van der Waals surface area contributed by atoms with E-state index in [1.807, 2.05) is 11.9 Å². The van der Waals surface area contributed by atoms with Gasteiger partial charge < -0.3 is 4.90 Å². The first-order valence-electron chi connectivity index (χ1n) is 6.51. The molecule has 0 atom stereocenters. The molecule has 0 aromatic carbocycles. The van der Waals surface area contributed by atoms with Crippen molar-refractivity contribution in [3.8, 4) is 0 Å². The van der Waals surface area contributed by atoms with Gasteiger partial charge in [0.2, 0.25) is 5.91 Å². The van der Waals surface area contributed by atoms with Crippen LogP contribution >= 0.6 is 15.9 Å². The number of halogens is 1. The van der Waals surface area contributed by atoms with Crippen LogP contribution in [0.4, 0.5) is 0 Å². The Balaban J connectivity index is 2.06. The molecule has 1 rings (SSSR count). The number of carbonyl (C=O) groups excluding carboxylic acids is 1. The van der Waals surface area contributed by atoms with Crippen molar-refractivity contribution in [3.05, 3.63) is 0 Å². The summed E-state index contributed by atoms with van der Waals surface area (Å²) in [6.45, 7) is 3.15. The Kier molecular flexibility index (Phi) is 6.40. The van der Waals surface area contributed by atoms with E-state index in [4.69, 9.17) is 0 Å². The van der Waals surface area contributed by atoms with Crippen LogP contribution in [0.15, 0.2) is 0 Å². The highest BCUT2D eigenvalue weighted by molar-refractivity contribution is 9.09. The molecule has 0 heterocycles. The highest BCUT2D eigenvalue weighted by Gasteiger charge is 2.28. The van der Waals surface area contributed by atoms with Crippen molar-refractivity contribution >= 4 is 21.8 Å². The van der Waals surface area contributed by atoms with Gasteiger partial charge in [-0.25, -0.2) is 0 Å². The van der Waals surface area contributed by atoms with Gasteiger partial charge in [0.05, 0.1) is 0 Å². The largest absolute Gasteiger partial charge is 0.345 e. The van der Waals surface area contributed by atoms with Crippen LogP contribution in [0.2, 0.25) is 0 Å². The number of alkyl halides is 1. The third kappa shape index (κ3) is 4.86. The molecule has 0 bridgehead atoms. The maximum absolute atomic E-state index is 11.8. The fraction of sp³-hybridized carbons (Fsp3) is 0.923. The number of amides is 1. The van der Waals surface area contributed by atoms with Crippen LogP contribution in [0.1, 0.15) is 51.9 Å². The minimum absolute atomic E-state index is 0.328. The van der Waals surface area contributed by atoms with Crippen molar-refractivity contribution in [2.24, 2.45) is 5.92 Å². The summed E-state index contributed by atoms with van der Waals surface area (Å²) in [5, 5.41) is 0. The van der Waals surface area contributed by atoms with Gasteiger partial charge in [-0.15, -0.1) is 0 Å². The van der Waals surface area contributed by atoms with Crippen LogP contribution in [0.5, 0.6) is 0 Å². The zero-order valence-corrected chi connectivity index (χ0v) is 12.1. The lowest BCUT2D eigenvalue weighted by Crippen LogP contribution is -2.37. The molecule has 0 aromatic heterocycles. The summed E-state index contributed by atoms with van der Waals surface area (Å²) in [5.41, 5.74) is 0. The average molecular weight is 290 g/mol. The van der Waals surface area contributed by atoms with Crippen LogP contribution in [0, 0.1) is 5.92 Å². The minimum Gasteiger partial charge on any atom is -0.345 e. The number of hydrogen-bond acceptors (Lipinski definition) is 1. The Labute approximate surface area is 108 Å². The van der Waals surface area contributed by atoms with Gasteiger partial charge in [-0.1, -0.05) is 42.1 Å². The Morgan fingerprint density at radius 1 is 1.31 bits per heavy atom. The van der Waals surface area contributed by atoms with Gasteiger partial charge in [-0.3, -0.25) is 4.79 Å². The first kappa shape index (κ1) is 14.0. The lowest BCUT2D eigenvalue weighted by Gasteiger charge is -2.34. The van der Waals surface area contributed by atoms with Gasteiger partial charge in [0.1, 0.15) is 0 Å². The summed E-state index contributed by atoms with van der Waals surface area (Å²) < 4.78 is 0. The van der Waals surface area contributed by atoms with E-state index in [1.54, 1.807) is 0 Å². The molecule has 16 heavy (non-hydrogen) atoms. The second kappa shape index (κ2) is 7.31. The first-order chi connectivity index (χ1) is 7.63. The smallest absolute Gasteiger partial charge is 0.222 e. The summed E-state index contributed by atoms with van der Waals surface area (Å²) >= 11 is 3.58. The van der Waals surface area contributed by atoms with Crippen LogP contribution in [0.25, 0.3) is 0 Å². The summed E-state index contributed by atoms with van der Waals surface area (Å²) in [6, 6.07) is 0. The molecule has 3 heteroatoms. The Hall–Kier alpha value is -0.0500. The summed E-state index contributed by atoms with van der Waals surface area (Å²) in [7, 11) is 1.95. The van der Waals surface area contributed by atoms with Crippen molar-refractivity contribution in [1.82, 2.24) is 4.90 Å². The van der Waals surface area contributed by atoms with Crippen LogP contribution in [0.3, 0.4) is 0 Å². The fourth-order valence-electron chi connectivity index (χ4n) is 2.19. The lowest BCUT2D eigenvalue weighted by atomic mass is 9.85. The van der Waals surface area contributed by atoms with E-state index >= 15 is 0 Å². The number of unbranched alkanes of at least 4 members (excludes halogenated alkanes) is 3. The van der Waals surface area contributed by atoms with Crippen molar-refractivity contribution in [2.75, 3.05) is 13.6 Å². The molecule has 94 valence electrons. The third-order valence-corrected chi connectivity index (χ3v) is 4.13. The van der Waals surface area contributed by atoms with Gasteiger partial charge in [-0.2, -0.15) is 0 Å². The molecular formula is C13H24BrNO. The summed E-state index contributed by atoms with van der Waals surface area (Å²) in [5.74, 6) is 1.06. The second-order valence-corrected chi connectivity index (χ2v) is 6.31. The van der Waals surface area contributed by atoms with Crippen molar-refractivity contribution in [3.63, 3.8) is 0 Å². The van der Waals surface area contributed by atoms with Gasteiger partial charge in [-0.05, 0) is 25.2 Å². The fourth-order valence-corrected chi connectivity index (χ4v) is 3.24. The molecule has 1 aliphatic rings. The average Bonchev–Trinajstić information content (AvgIpc) is 2.21. The van der Waals surface area contributed by atoms with Gasteiger partial charge in [0.15, 0.2) is 0 Å². The molecule has 0 aliphatic heterocycles. The van der Waals surface area contributed by atoms with Gasteiger partial charge in [0, 0.05) is 24.8 Å². The first-order valence-corrected chi connectivity index (χ1v) is 7.43. The molecule has 0 radical (unpaired) electrons. The molecule has 0 unspecified atom stereocenters. The van der Waals surface area contributed by atoms with Crippen LogP contribution in [-0.4, -0.2) is 29.2 Å². The molecular weight excluding hydrogens is 266 g/mol. The Morgan fingerprint density at radius 2 is 2.00 bits per heavy atom. The standard InChI is InChI=1S/C13H24BrNO/c1-3-4-5-6-7-13(16)15(2)10-11-8-12(14)9-11/h11-12H,3-10H2,1-2H3. The SMILES string of the molecule is CCCCCCC(=O)N(C)CC1CC(Br)C1. The molecule has 2 nitrogen and oxygen atoms in total. The van der Waals surface area contributed by atoms with E-state index in [2.05, 4.69) is 22.9 Å². The van der Waals surface area contributed by atoms with E-state index in [1.165, 1.54) is 32.1 Å². The molecule has 0 spiro atoms. The number of rotatable bonds is 7. The number of hydrogen-bond donors (Lipinski definition) is 0. The molecule has 1 aliphatic carbocycles. The highest BCUT2D eigenvalue weighted by Crippen LogP contribution is 2.33. The zero-order chi connectivity index (χ0) is 12.0. The van der Waals surface area contributed by atoms with Gasteiger partial charge >= 0.3 is 0 Å². The predicted molar refractivity (Wildman–Crippen MR) is 71.8 cm³/mol. The van der Waals surface area contributed by atoms with Crippen molar-refractivity contribution < 1.29 is 4.79 Å². The van der Waals surface area contributed by atoms with Crippen molar-refractivity contribution in [2.45, 2.75) is 56.7 Å². The Bertz CT molecular complexity index is 214. The van der Waals surface area contributed by atoms with E-state index in [0.717, 1.165) is 25.3 Å². The van der Waals surface area contributed by atoms with E-state index in [0.29, 0.717) is 10.7 Å². The molecule has 1 saturated carbocycles. The molecule has 0 N–H and O–H groups in total. The third-order valence-electron chi connectivity index (χ3n) is 3.38. The maximum Gasteiger partial charge on any atom is 0.222 e. The lowest BCUT2D eigenvalue weighted by molar-refractivity contribution is -0.130. The normalized spacial score (nSPS) is 23.9. The molecule has 0 aromatic rings. The number of carbonyl (C=O) groups is 1. The van der Waals surface area contributed by atoms with Gasteiger partial charge in [0.25, 0.3) is 0 Å². The predicted octanol–water partition coefficient (Wildman–Crippen LogP) is 3.59. The zero-order valence-electron chi connectivity index (χ0n) is 10.5. The quantitative estimate of drug-likeness (QED) is 0.518. The topological polar surface area (TPSA) is 20.3 Å². The molecule has 0 saturated heterocycles. The van der Waals surface area contributed by atoms with E-state index in [-0.39, 0.29) is 0 Å². The van der Waals surface area contributed by atoms with E-state index in [9.17, 15) is 4.79 Å². The van der Waals surface area contributed by atoms with E-state index < -0.39 is 0 Å². The summed E-state index contributed by atoms with van der Waals surface area (Å²) in [6.07, 6.45) is 7.94. The van der Waals surface area contributed by atoms with Crippen molar-refractivity contribution in [1.29, 1.82) is 0 Å². The maximum atomic E-state index is 11.8. The molecule has 1 amide bonds. The summed E-state index contributed by atoms with van der Waals surface area (Å²) in [4.78, 5) is 14.4. The highest BCUT2D eigenvalue weighted by atomic mass is 79.9. The van der Waals surface area contributed by atoms with Crippen LogP contribution in [-0.2, 0) is 4.79 Å². The van der Waals surface area contributed by atoms with Crippen LogP contribution < -0.4 is 0 Å². The minimum atomic E-state index is 0.328. The number of nitrogens with zero attached hydrogens (tertiary/aromatic N) is 1. The molecule has 1 fully saturated rings. The Morgan fingerprint density at radius 3 is 2.56 bits per heavy atom.